The lowest BCUT2D eigenvalue weighted by Gasteiger charge is -2.18. The summed E-state index contributed by atoms with van der Waals surface area (Å²) in [4.78, 5) is 0. The molecule has 2 atom stereocenters. The first-order chi connectivity index (χ1) is 8.83. The minimum Gasteiger partial charge on any atom is -0.493 e. The lowest BCUT2D eigenvalue weighted by molar-refractivity contribution is 0.0877. The van der Waals surface area contributed by atoms with Crippen molar-refractivity contribution in [3.8, 4) is 5.75 Å². The van der Waals surface area contributed by atoms with Crippen molar-refractivity contribution in [1.29, 1.82) is 0 Å². The molecule has 0 radical (unpaired) electrons. The van der Waals surface area contributed by atoms with Crippen LogP contribution in [0.25, 0.3) is 0 Å². The molecular formula is C15H21NO2. The zero-order valence-corrected chi connectivity index (χ0v) is 10.7. The van der Waals surface area contributed by atoms with E-state index in [2.05, 4.69) is 18.2 Å². The minimum absolute atomic E-state index is 0.178. The van der Waals surface area contributed by atoms with Gasteiger partial charge in [0, 0.05) is 19.1 Å². The van der Waals surface area contributed by atoms with Crippen molar-refractivity contribution < 1.29 is 9.47 Å². The van der Waals surface area contributed by atoms with Crippen molar-refractivity contribution >= 4 is 0 Å². The average molecular weight is 247 g/mol. The van der Waals surface area contributed by atoms with E-state index in [-0.39, 0.29) is 12.1 Å². The first-order valence-corrected chi connectivity index (χ1v) is 6.95. The monoisotopic (exact) mass is 247 g/mol. The molecule has 3 heteroatoms. The molecule has 0 spiro atoms. The maximum atomic E-state index is 6.19. The maximum absolute atomic E-state index is 6.19. The molecule has 1 fully saturated rings. The van der Waals surface area contributed by atoms with Crippen LogP contribution < -0.4 is 10.5 Å². The van der Waals surface area contributed by atoms with Gasteiger partial charge in [-0.1, -0.05) is 12.1 Å². The van der Waals surface area contributed by atoms with Crippen molar-refractivity contribution in [2.75, 3.05) is 13.2 Å². The molecule has 98 valence electrons. The average Bonchev–Trinajstić information content (AvgIpc) is 3.05. The Kier molecular flexibility index (Phi) is 3.52. The third-order valence-corrected chi connectivity index (χ3v) is 3.96. The Bertz CT molecular complexity index is 413. The molecule has 0 aromatic heterocycles. The highest BCUT2D eigenvalue weighted by molar-refractivity contribution is 5.39. The fraction of sp³-hybridized carbons (Fsp3) is 0.600. The van der Waals surface area contributed by atoms with Crippen LogP contribution in [0.2, 0.25) is 0 Å². The Morgan fingerprint density at radius 2 is 2.28 bits per heavy atom. The number of fused-ring (bicyclic) bond motifs is 1. The quantitative estimate of drug-likeness (QED) is 0.885. The molecule has 2 aliphatic rings. The zero-order valence-electron chi connectivity index (χ0n) is 10.7. The van der Waals surface area contributed by atoms with Crippen molar-refractivity contribution in [1.82, 2.24) is 0 Å². The normalized spacial score (nSPS) is 23.7. The molecule has 2 heterocycles. The summed E-state index contributed by atoms with van der Waals surface area (Å²) in [6.45, 7) is 1.71. The molecule has 2 N–H and O–H groups in total. The highest BCUT2D eigenvalue weighted by Crippen LogP contribution is 2.26. The van der Waals surface area contributed by atoms with E-state index >= 15 is 0 Å². The smallest absolute Gasteiger partial charge is 0.122 e. The molecule has 1 aromatic rings. The van der Waals surface area contributed by atoms with Crippen molar-refractivity contribution in [2.45, 2.75) is 44.2 Å². The fourth-order valence-corrected chi connectivity index (χ4v) is 2.85. The molecule has 0 amide bonds. The van der Waals surface area contributed by atoms with E-state index in [1.807, 2.05) is 0 Å². The second kappa shape index (κ2) is 5.29. The van der Waals surface area contributed by atoms with Gasteiger partial charge in [-0.25, -0.2) is 0 Å². The van der Waals surface area contributed by atoms with Gasteiger partial charge in [-0.3, -0.25) is 0 Å². The molecule has 0 saturated carbocycles. The number of ether oxygens (including phenoxy) is 2. The molecular weight excluding hydrogens is 226 g/mol. The topological polar surface area (TPSA) is 44.5 Å². The SMILES string of the molecule is NC(CCc1ccc2c(c1)CCO2)C1CCCO1. The Hall–Kier alpha value is -1.06. The second-order valence-corrected chi connectivity index (χ2v) is 5.29. The predicted molar refractivity (Wildman–Crippen MR) is 70.9 cm³/mol. The number of nitrogens with two attached hydrogens (primary N) is 1. The standard InChI is InChI=1S/C15H21NO2/c16-13(15-2-1-8-17-15)5-3-11-4-6-14-12(10-11)7-9-18-14/h4,6,10,13,15H,1-3,5,7-9,16H2. The summed E-state index contributed by atoms with van der Waals surface area (Å²) < 4.78 is 11.1. The van der Waals surface area contributed by atoms with Crippen molar-refractivity contribution in [3.63, 3.8) is 0 Å². The lowest BCUT2D eigenvalue weighted by atomic mass is 9.99. The van der Waals surface area contributed by atoms with Crippen LogP contribution in [0.15, 0.2) is 18.2 Å². The second-order valence-electron chi connectivity index (χ2n) is 5.29. The van der Waals surface area contributed by atoms with Gasteiger partial charge >= 0.3 is 0 Å². The minimum atomic E-state index is 0.178. The molecule has 1 saturated heterocycles. The Balaban J connectivity index is 1.56. The molecule has 18 heavy (non-hydrogen) atoms. The molecule has 0 bridgehead atoms. The third-order valence-electron chi connectivity index (χ3n) is 3.96. The van der Waals surface area contributed by atoms with Gasteiger partial charge in [0.25, 0.3) is 0 Å². The van der Waals surface area contributed by atoms with E-state index in [4.69, 9.17) is 15.2 Å². The van der Waals surface area contributed by atoms with E-state index in [0.717, 1.165) is 51.1 Å². The van der Waals surface area contributed by atoms with Gasteiger partial charge < -0.3 is 15.2 Å². The summed E-state index contributed by atoms with van der Waals surface area (Å²) in [5.74, 6) is 1.06. The van der Waals surface area contributed by atoms with Crippen LogP contribution in [0.4, 0.5) is 0 Å². The van der Waals surface area contributed by atoms with Gasteiger partial charge in [0.1, 0.15) is 5.75 Å². The highest BCUT2D eigenvalue weighted by Gasteiger charge is 2.22. The van der Waals surface area contributed by atoms with Gasteiger partial charge in [0.15, 0.2) is 0 Å². The van der Waals surface area contributed by atoms with Crippen LogP contribution in [0.1, 0.15) is 30.4 Å². The summed E-state index contributed by atoms with van der Waals surface area (Å²) >= 11 is 0. The number of hydrogen-bond acceptors (Lipinski definition) is 3. The summed E-state index contributed by atoms with van der Waals surface area (Å²) in [5.41, 5.74) is 8.90. The first-order valence-electron chi connectivity index (χ1n) is 6.95. The predicted octanol–water partition coefficient (Wildman–Crippen LogP) is 2.06. The Morgan fingerprint density at radius 3 is 3.11 bits per heavy atom. The van der Waals surface area contributed by atoms with E-state index in [1.165, 1.54) is 11.1 Å². The van der Waals surface area contributed by atoms with E-state index in [0.29, 0.717) is 0 Å². The Labute approximate surface area is 108 Å². The van der Waals surface area contributed by atoms with Crippen molar-refractivity contribution in [2.24, 2.45) is 5.73 Å². The summed E-state index contributed by atoms with van der Waals surface area (Å²) in [7, 11) is 0. The summed E-state index contributed by atoms with van der Waals surface area (Å²) in [6, 6.07) is 6.70. The zero-order chi connectivity index (χ0) is 12.4. The Morgan fingerprint density at radius 1 is 1.33 bits per heavy atom. The van der Waals surface area contributed by atoms with Crippen LogP contribution in [0, 0.1) is 0 Å². The lowest BCUT2D eigenvalue weighted by Crippen LogP contribution is -2.34. The van der Waals surface area contributed by atoms with Gasteiger partial charge in [0.05, 0.1) is 12.7 Å². The molecule has 0 aliphatic carbocycles. The molecule has 1 aromatic carbocycles. The van der Waals surface area contributed by atoms with Crippen LogP contribution in [0.3, 0.4) is 0 Å². The summed E-state index contributed by atoms with van der Waals surface area (Å²) in [5, 5.41) is 0. The van der Waals surface area contributed by atoms with Crippen LogP contribution in [-0.4, -0.2) is 25.4 Å². The van der Waals surface area contributed by atoms with Crippen molar-refractivity contribution in [3.05, 3.63) is 29.3 Å². The molecule has 2 aliphatic heterocycles. The highest BCUT2D eigenvalue weighted by atomic mass is 16.5. The van der Waals surface area contributed by atoms with Crippen LogP contribution in [0.5, 0.6) is 5.75 Å². The number of aryl methyl sites for hydroxylation is 1. The maximum Gasteiger partial charge on any atom is 0.122 e. The number of hydrogen-bond donors (Lipinski definition) is 1. The van der Waals surface area contributed by atoms with Gasteiger partial charge in [-0.05, 0) is 42.9 Å². The van der Waals surface area contributed by atoms with Gasteiger partial charge in [-0.2, -0.15) is 0 Å². The van der Waals surface area contributed by atoms with Crippen LogP contribution in [-0.2, 0) is 17.6 Å². The van der Waals surface area contributed by atoms with E-state index in [9.17, 15) is 0 Å². The largest absolute Gasteiger partial charge is 0.493 e. The van der Waals surface area contributed by atoms with E-state index < -0.39 is 0 Å². The summed E-state index contributed by atoms with van der Waals surface area (Å²) in [6.07, 6.45) is 5.65. The third kappa shape index (κ3) is 2.52. The van der Waals surface area contributed by atoms with E-state index in [1.54, 1.807) is 0 Å². The van der Waals surface area contributed by atoms with Gasteiger partial charge in [0.2, 0.25) is 0 Å². The molecule has 3 nitrogen and oxygen atoms in total. The fourth-order valence-electron chi connectivity index (χ4n) is 2.85. The molecule has 3 rings (SSSR count). The van der Waals surface area contributed by atoms with Gasteiger partial charge in [-0.15, -0.1) is 0 Å². The van der Waals surface area contributed by atoms with Crippen LogP contribution >= 0.6 is 0 Å². The first kappa shape index (κ1) is 12.0. The number of benzene rings is 1. The molecule has 2 unspecified atom stereocenters. The number of rotatable bonds is 4.